The van der Waals surface area contributed by atoms with E-state index in [0.717, 1.165) is 31.7 Å². The first-order valence-electron chi connectivity index (χ1n) is 8.31. The molecule has 0 radical (unpaired) electrons. The lowest BCUT2D eigenvalue weighted by molar-refractivity contribution is 0.396. The third kappa shape index (κ3) is 3.80. The maximum atomic E-state index is 9.42. The molecule has 9 heteroatoms. The minimum atomic E-state index is 0.252. The molecule has 1 saturated heterocycles. The van der Waals surface area contributed by atoms with Crippen molar-refractivity contribution >= 4 is 23.4 Å². The van der Waals surface area contributed by atoms with Gasteiger partial charge in [0.05, 0.1) is 13.3 Å². The van der Waals surface area contributed by atoms with Gasteiger partial charge in [-0.3, -0.25) is 0 Å². The van der Waals surface area contributed by atoms with E-state index in [1.54, 1.807) is 13.3 Å². The topological polar surface area (TPSA) is 91.1 Å². The molecular weight excluding hydrogens is 350 g/mol. The monoisotopic (exact) mass is 371 g/mol. The van der Waals surface area contributed by atoms with Crippen LogP contribution in [0.3, 0.4) is 0 Å². The summed E-state index contributed by atoms with van der Waals surface area (Å²) in [7, 11) is 3.62. The molecular formula is C17H21N7OS. The van der Waals surface area contributed by atoms with Crippen molar-refractivity contribution in [3.8, 4) is 11.9 Å². The number of thioether (sulfide) groups is 1. The number of methoxy groups -OCH3 is 1. The highest BCUT2D eigenvalue weighted by atomic mass is 32.2. The molecule has 0 N–H and O–H groups in total. The molecule has 2 aromatic heterocycles. The Morgan fingerprint density at radius 3 is 2.96 bits per heavy atom. The summed E-state index contributed by atoms with van der Waals surface area (Å²) in [6.07, 6.45) is 7.10. The van der Waals surface area contributed by atoms with Gasteiger partial charge in [-0.25, -0.2) is 19.9 Å². The summed E-state index contributed by atoms with van der Waals surface area (Å²) in [4.78, 5) is 21.5. The average Bonchev–Trinajstić information content (AvgIpc) is 2.72. The molecule has 3 heterocycles. The number of aromatic nitrogens is 4. The number of likely N-dealkylation sites (N-methyl/N-ethyl adjacent to an activating group) is 1. The SMILES string of the molecule is COc1cc(N(C)C2CCCN(c3nc(SC)ncc3C#N)C2)ncn1. The van der Waals surface area contributed by atoms with Crippen LogP contribution in [0.4, 0.5) is 11.6 Å². The maximum absolute atomic E-state index is 9.42. The van der Waals surface area contributed by atoms with E-state index in [0.29, 0.717) is 22.4 Å². The van der Waals surface area contributed by atoms with Gasteiger partial charge in [-0.1, -0.05) is 11.8 Å². The summed E-state index contributed by atoms with van der Waals surface area (Å²) in [6, 6.07) is 4.29. The molecule has 0 bridgehead atoms. The molecule has 0 saturated carbocycles. The maximum Gasteiger partial charge on any atom is 0.218 e. The van der Waals surface area contributed by atoms with E-state index in [2.05, 4.69) is 35.8 Å². The molecule has 0 amide bonds. The first kappa shape index (κ1) is 18.2. The summed E-state index contributed by atoms with van der Waals surface area (Å²) in [5, 5.41) is 10.1. The highest BCUT2D eigenvalue weighted by Crippen LogP contribution is 2.27. The van der Waals surface area contributed by atoms with Crippen molar-refractivity contribution < 1.29 is 4.74 Å². The van der Waals surface area contributed by atoms with Crippen molar-refractivity contribution in [1.29, 1.82) is 5.26 Å². The third-order valence-electron chi connectivity index (χ3n) is 4.49. The molecule has 0 aliphatic carbocycles. The molecule has 1 aliphatic heterocycles. The van der Waals surface area contributed by atoms with Crippen LogP contribution in [0.15, 0.2) is 23.7 Å². The summed E-state index contributed by atoms with van der Waals surface area (Å²) in [6.45, 7) is 1.64. The van der Waals surface area contributed by atoms with Gasteiger partial charge >= 0.3 is 0 Å². The Balaban J connectivity index is 1.82. The summed E-state index contributed by atoms with van der Waals surface area (Å²) in [5.41, 5.74) is 0.509. The van der Waals surface area contributed by atoms with E-state index < -0.39 is 0 Å². The van der Waals surface area contributed by atoms with Crippen LogP contribution in [0.5, 0.6) is 5.88 Å². The van der Waals surface area contributed by atoms with Crippen LogP contribution < -0.4 is 14.5 Å². The second-order valence-corrected chi connectivity index (χ2v) is 6.75. The zero-order chi connectivity index (χ0) is 18.5. The van der Waals surface area contributed by atoms with E-state index in [9.17, 15) is 5.26 Å². The highest BCUT2D eigenvalue weighted by molar-refractivity contribution is 7.98. The van der Waals surface area contributed by atoms with Gasteiger partial charge in [0.1, 0.15) is 23.8 Å². The Labute approximate surface area is 157 Å². The molecule has 8 nitrogen and oxygen atoms in total. The van der Waals surface area contributed by atoms with Crippen LogP contribution in [0.2, 0.25) is 0 Å². The first-order valence-corrected chi connectivity index (χ1v) is 9.53. The third-order valence-corrected chi connectivity index (χ3v) is 5.05. The fourth-order valence-electron chi connectivity index (χ4n) is 3.06. The van der Waals surface area contributed by atoms with Gasteiger partial charge in [-0.05, 0) is 19.1 Å². The lowest BCUT2D eigenvalue weighted by Crippen LogP contribution is -2.47. The normalized spacial score (nSPS) is 16.8. The van der Waals surface area contributed by atoms with Crippen molar-refractivity contribution in [3.05, 3.63) is 24.2 Å². The van der Waals surface area contributed by atoms with Crippen LogP contribution in [0.25, 0.3) is 0 Å². The van der Waals surface area contributed by atoms with Crippen LogP contribution in [-0.4, -0.2) is 59.5 Å². The van der Waals surface area contributed by atoms with Crippen LogP contribution >= 0.6 is 11.8 Å². The number of anilines is 2. The second kappa shape index (κ2) is 8.19. The number of hydrogen-bond acceptors (Lipinski definition) is 9. The fraction of sp³-hybridized carbons (Fsp3) is 0.471. The average molecular weight is 371 g/mol. The zero-order valence-corrected chi connectivity index (χ0v) is 15.9. The molecule has 1 atom stereocenters. The largest absolute Gasteiger partial charge is 0.481 e. The highest BCUT2D eigenvalue weighted by Gasteiger charge is 2.27. The molecule has 1 unspecified atom stereocenters. The number of rotatable bonds is 5. The zero-order valence-electron chi connectivity index (χ0n) is 15.1. The Bertz CT molecular complexity index is 810. The Kier molecular flexibility index (Phi) is 5.73. The van der Waals surface area contributed by atoms with Gasteiger partial charge in [0, 0.05) is 32.2 Å². The molecule has 0 spiro atoms. The summed E-state index contributed by atoms with van der Waals surface area (Å²) in [5.74, 6) is 2.07. The van der Waals surface area contributed by atoms with E-state index in [-0.39, 0.29) is 6.04 Å². The predicted octanol–water partition coefficient (Wildman–Crippen LogP) is 1.97. The summed E-state index contributed by atoms with van der Waals surface area (Å²) >= 11 is 1.47. The lowest BCUT2D eigenvalue weighted by atomic mass is 10.0. The molecule has 26 heavy (non-hydrogen) atoms. The van der Waals surface area contributed by atoms with Crippen molar-refractivity contribution in [1.82, 2.24) is 19.9 Å². The number of hydrogen-bond donors (Lipinski definition) is 0. The van der Waals surface area contributed by atoms with Crippen molar-refractivity contribution in [2.75, 3.05) is 43.3 Å². The molecule has 2 aromatic rings. The predicted molar refractivity (Wildman–Crippen MR) is 101 cm³/mol. The van der Waals surface area contributed by atoms with Gasteiger partial charge in [0.15, 0.2) is 11.0 Å². The minimum Gasteiger partial charge on any atom is -0.481 e. The van der Waals surface area contributed by atoms with Crippen molar-refractivity contribution in [3.63, 3.8) is 0 Å². The number of nitriles is 1. The Morgan fingerprint density at radius 2 is 2.23 bits per heavy atom. The summed E-state index contributed by atoms with van der Waals surface area (Å²) < 4.78 is 5.20. The Morgan fingerprint density at radius 1 is 1.38 bits per heavy atom. The van der Waals surface area contributed by atoms with Gasteiger partial charge < -0.3 is 14.5 Å². The van der Waals surface area contributed by atoms with E-state index in [4.69, 9.17) is 4.74 Å². The minimum absolute atomic E-state index is 0.252. The van der Waals surface area contributed by atoms with Crippen molar-refractivity contribution in [2.45, 2.75) is 24.0 Å². The van der Waals surface area contributed by atoms with Gasteiger partial charge in [-0.2, -0.15) is 5.26 Å². The lowest BCUT2D eigenvalue weighted by Gasteiger charge is -2.38. The smallest absolute Gasteiger partial charge is 0.218 e. The first-order chi connectivity index (χ1) is 12.7. The molecule has 1 fully saturated rings. The molecule has 0 aromatic carbocycles. The molecule has 1 aliphatic rings. The fourth-order valence-corrected chi connectivity index (χ4v) is 3.40. The quantitative estimate of drug-likeness (QED) is 0.578. The van der Waals surface area contributed by atoms with Gasteiger partial charge in [-0.15, -0.1) is 0 Å². The van der Waals surface area contributed by atoms with Crippen LogP contribution in [-0.2, 0) is 0 Å². The second-order valence-electron chi connectivity index (χ2n) is 5.98. The van der Waals surface area contributed by atoms with Crippen LogP contribution in [0.1, 0.15) is 18.4 Å². The number of ether oxygens (including phenoxy) is 1. The van der Waals surface area contributed by atoms with Gasteiger partial charge in [0.2, 0.25) is 5.88 Å². The van der Waals surface area contributed by atoms with E-state index >= 15 is 0 Å². The van der Waals surface area contributed by atoms with E-state index in [1.165, 1.54) is 18.1 Å². The number of nitrogens with zero attached hydrogens (tertiary/aromatic N) is 7. The van der Waals surface area contributed by atoms with Crippen LogP contribution in [0, 0.1) is 11.3 Å². The van der Waals surface area contributed by atoms with Gasteiger partial charge in [0.25, 0.3) is 0 Å². The Hall–Kier alpha value is -2.60. The molecule has 136 valence electrons. The standard InChI is InChI=1S/C17H21N7OS/c1-23(14-7-15(25-2)21-11-20-14)13-5-4-6-24(10-13)16-12(8-18)9-19-17(22-16)26-3/h7,9,11,13H,4-6,10H2,1-3H3. The van der Waals surface area contributed by atoms with Crippen molar-refractivity contribution in [2.24, 2.45) is 0 Å². The number of piperidine rings is 1. The molecule has 3 rings (SSSR count). The van der Waals surface area contributed by atoms with E-state index in [1.807, 2.05) is 19.4 Å².